The Morgan fingerprint density at radius 1 is 1.17 bits per heavy atom. The first-order valence-electron chi connectivity index (χ1n) is 10.4. The summed E-state index contributed by atoms with van der Waals surface area (Å²) in [6.45, 7) is 4.62. The second-order valence-electron chi connectivity index (χ2n) is 7.98. The van der Waals surface area contributed by atoms with Crippen molar-refractivity contribution in [2.45, 2.75) is 44.7 Å². The molecule has 2 amide bonds. The Bertz CT molecular complexity index is 987. The van der Waals surface area contributed by atoms with Crippen molar-refractivity contribution in [2.24, 2.45) is 0 Å². The Balaban J connectivity index is 1.92. The van der Waals surface area contributed by atoms with Gasteiger partial charge in [-0.2, -0.15) is 0 Å². The number of ether oxygens (including phenoxy) is 2. The van der Waals surface area contributed by atoms with Crippen LogP contribution < -0.4 is 14.8 Å². The second kappa shape index (κ2) is 8.01. The normalized spacial score (nSPS) is 20.5. The third-order valence-electron chi connectivity index (χ3n) is 6.31. The summed E-state index contributed by atoms with van der Waals surface area (Å²) in [6.07, 6.45) is 1.61. The van der Waals surface area contributed by atoms with Crippen molar-refractivity contribution >= 4 is 11.8 Å². The number of carbonyl (C=O) groups is 2. The molecule has 4 rings (SSSR count). The molecular weight excluding hydrogens is 380 g/mol. The average Bonchev–Trinajstić information content (AvgIpc) is 2.78. The van der Waals surface area contributed by atoms with Gasteiger partial charge in [0.2, 0.25) is 5.91 Å². The van der Waals surface area contributed by atoms with E-state index in [4.69, 9.17) is 9.47 Å². The molecule has 2 heterocycles. The number of hydrogen-bond acceptors (Lipinski definition) is 4. The van der Waals surface area contributed by atoms with Crippen LogP contribution in [0.3, 0.4) is 0 Å². The third kappa shape index (κ3) is 3.20. The number of nitrogens with one attached hydrogen (secondary N) is 1. The van der Waals surface area contributed by atoms with E-state index in [2.05, 4.69) is 11.4 Å². The number of amides is 2. The predicted octanol–water partition coefficient (Wildman–Crippen LogP) is 3.46. The van der Waals surface area contributed by atoms with Crippen molar-refractivity contribution < 1.29 is 19.1 Å². The van der Waals surface area contributed by atoms with Gasteiger partial charge < -0.3 is 19.7 Å². The number of carbonyl (C=O) groups excluding carboxylic acids is 2. The number of hydrogen-bond donors (Lipinski definition) is 1. The molecule has 0 radical (unpaired) electrons. The van der Waals surface area contributed by atoms with E-state index in [9.17, 15) is 9.59 Å². The van der Waals surface area contributed by atoms with Crippen molar-refractivity contribution in [3.05, 3.63) is 58.7 Å². The van der Waals surface area contributed by atoms with Crippen LogP contribution in [0.1, 0.15) is 59.3 Å². The van der Waals surface area contributed by atoms with E-state index in [0.717, 1.165) is 18.4 Å². The van der Waals surface area contributed by atoms with Gasteiger partial charge in [-0.25, -0.2) is 0 Å². The fraction of sp³-hybridized carbons (Fsp3) is 0.417. The van der Waals surface area contributed by atoms with E-state index in [-0.39, 0.29) is 23.9 Å². The van der Waals surface area contributed by atoms with E-state index in [0.29, 0.717) is 29.2 Å². The summed E-state index contributed by atoms with van der Waals surface area (Å²) in [4.78, 5) is 28.9. The van der Waals surface area contributed by atoms with Gasteiger partial charge in [-0.15, -0.1) is 0 Å². The highest BCUT2D eigenvalue weighted by Crippen LogP contribution is 2.48. The smallest absolute Gasteiger partial charge is 0.254 e. The Labute approximate surface area is 177 Å². The van der Waals surface area contributed by atoms with Gasteiger partial charge in [0.1, 0.15) is 0 Å². The van der Waals surface area contributed by atoms with Crippen molar-refractivity contribution in [3.8, 4) is 11.5 Å². The van der Waals surface area contributed by atoms with Crippen molar-refractivity contribution in [1.82, 2.24) is 10.2 Å². The largest absolute Gasteiger partial charge is 0.493 e. The minimum absolute atomic E-state index is 0.0472. The Morgan fingerprint density at radius 3 is 2.57 bits per heavy atom. The second-order valence-corrected chi connectivity index (χ2v) is 7.98. The number of nitrogens with zero attached hydrogens (tertiary/aromatic N) is 1. The van der Waals surface area contributed by atoms with Crippen LogP contribution in [0, 0.1) is 0 Å². The van der Waals surface area contributed by atoms with Crippen LogP contribution in [0.15, 0.2) is 36.4 Å². The molecule has 2 aliphatic heterocycles. The van der Waals surface area contributed by atoms with E-state index >= 15 is 0 Å². The zero-order valence-corrected chi connectivity index (χ0v) is 17.9. The summed E-state index contributed by atoms with van der Waals surface area (Å²) in [6, 6.07) is 11.3. The fourth-order valence-electron chi connectivity index (χ4n) is 4.57. The maximum absolute atomic E-state index is 13.5. The van der Waals surface area contributed by atoms with Gasteiger partial charge in [0.05, 0.1) is 26.2 Å². The molecule has 3 atom stereocenters. The van der Waals surface area contributed by atoms with Crippen molar-refractivity contribution in [3.63, 3.8) is 0 Å². The first-order chi connectivity index (χ1) is 14.5. The first-order valence-corrected chi connectivity index (χ1v) is 10.4. The molecule has 0 aromatic heterocycles. The molecule has 30 heavy (non-hydrogen) atoms. The lowest BCUT2D eigenvalue weighted by Gasteiger charge is -2.45. The molecule has 0 bridgehead atoms. The van der Waals surface area contributed by atoms with Crippen LogP contribution in [-0.2, 0) is 11.2 Å². The summed E-state index contributed by atoms with van der Waals surface area (Å²) in [5.41, 5.74) is 3.43. The zero-order valence-electron chi connectivity index (χ0n) is 17.9. The molecule has 2 aromatic rings. The van der Waals surface area contributed by atoms with Crippen LogP contribution in [-0.4, -0.2) is 43.5 Å². The molecule has 0 saturated carbocycles. The number of fused-ring (bicyclic) bond motifs is 4. The molecule has 2 aromatic carbocycles. The number of benzene rings is 2. The lowest BCUT2D eigenvalue weighted by Crippen LogP contribution is -2.51. The van der Waals surface area contributed by atoms with Gasteiger partial charge >= 0.3 is 0 Å². The van der Waals surface area contributed by atoms with Gasteiger partial charge in [0.25, 0.3) is 5.91 Å². The summed E-state index contributed by atoms with van der Waals surface area (Å²) < 4.78 is 10.9. The molecule has 158 valence electrons. The van der Waals surface area contributed by atoms with Crippen LogP contribution in [0.2, 0.25) is 0 Å². The Morgan fingerprint density at radius 2 is 1.87 bits per heavy atom. The minimum Gasteiger partial charge on any atom is -0.493 e. The van der Waals surface area contributed by atoms with Gasteiger partial charge in [0, 0.05) is 18.2 Å². The van der Waals surface area contributed by atoms with Gasteiger partial charge in [-0.3, -0.25) is 9.59 Å². The summed E-state index contributed by atoms with van der Waals surface area (Å²) in [5.74, 6) is 0.340. The average molecular weight is 408 g/mol. The van der Waals surface area contributed by atoms with Crippen LogP contribution >= 0.6 is 0 Å². The van der Waals surface area contributed by atoms with E-state index in [1.165, 1.54) is 5.56 Å². The maximum Gasteiger partial charge on any atom is 0.254 e. The molecular formula is C24H28N2O4. The highest BCUT2D eigenvalue weighted by molar-refractivity contribution is 6.02. The Kier molecular flexibility index (Phi) is 5.41. The van der Waals surface area contributed by atoms with Crippen LogP contribution in [0.5, 0.6) is 11.5 Å². The van der Waals surface area contributed by atoms with E-state index in [1.807, 2.05) is 36.9 Å². The molecule has 0 aliphatic carbocycles. The Hall–Kier alpha value is -3.02. The summed E-state index contributed by atoms with van der Waals surface area (Å²) >= 11 is 0. The van der Waals surface area contributed by atoms with E-state index in [1.54, 1.807) is 26.4 Å². The summed E-state index contributed by atoms with van der Waals surface area (Å²) in [5, 5.41) is 3.14. The quantitative estimate of drug-likeness (QED) is 0.823. The monoisotopic (exact) mass is 408 g/mol. The number of rotatable bonds is 5. The van der Waals surface area contributed by atoms with Crippen LogP contribution in [0.25, 0.3) is 0 Å². The third-order valence-corrected chi connectivity index (χ3v) is 6.31. The fourth-order valence-corrected chi connectivity index (χ4v) is 4.57. The lowest BCUT2D eigenvalue weighted by atomic mass is 9.75. The predicted molar refractivity (Wildman–Crippen MR) is 114 cm³/mol. The zero-order chi connectivity index (χ0) is 21.4. The lowest BCUT2D eigenvalue weighted by molar-refractivity contribution is -0.125. The van der Waals surface area contributed by atoms with E-state index < -0.39 is 5.92 Å². The van der Waals surface area contributed by atoms with Gasteiger partial charge in [0.15, 0.2) is 11.5 Å². The van der Waals surface area contributed by atoms with Crippen LogP contribution in [0.4, 0.5) is 0 Å². The maximum atomic E-state index is 13.5. The molecule has 2 aliphatic rings. The first kappa shape index (κ1) is 20.3. The molecule has 0 spiro atoms. The molecule has 0 unspecified atom stereocenters. The van der Waals surface area contributed by atoms with Crippen molar-refractivity contribution in [1.29, 1.82) is 0 Å². The van der Waals surface area contributed by atoms with Gasteiger partial charge in [-0.1, -0.05) is 31.2 Å². The van der Waals surface area contributed by atoms with Gasteiger partial charge in [-0.05, 0) is 48.6 Å². The highest BCUT2D eigenvalue weighted by Gasteiger charge is 2.47. The minimum atomic E-state index is -0.520. The molecule has 1 N–H and O–H groups in total. The molecule has 0 fully saturated rings. The number of methoxy groups -OCH3 is 2. The summed E-state index contributed by atoms with van der Waals surface area (Å²) in [7, 11) is 3.11. The highest BCUT2D eigenvalue weighted by atomic mass is 16.5. The molecule has 6 nitrogen and oxygen atoms in total. The molecule has 0 saturated heterocycles. The topological polar surface area (TPSA) is 67.9 Å². The SMILES string of the molecule is CC[C@H](C)NC(=O)[C@@H]1c2cc(OC)c(OC)cc2C(=O)N2CCc3ccccc3[C@@H]12. The standard InChI is InChI=1S/C24H28N2O4/c1-5-14(2)25-23(27)21-17-12-19(29-3)20(30-4)13-18(17)24(28)26-11-10-15-8-6-7-9-16(15)22(21)26/h6-9,12-14,21-22H,5,10-11H2,1-4H3,(H,25,27)/t14-,21+,22-/m0/s1. The molecule has 6 heteroatoms. The van der Waals surface area contributed by atoms with Crippen molar-refractivity contribution in [2.75, 3.05) is 20.8 Å².